The second kappa shape index (κ2) is 6.00. The zero-order valence-corrected chi connectivity index (χ0v) is 11.2. The molecule has 18 heavy (non-hydrogen) atoms. The molecule has 1 saturated heterocycles. The van der Waals surface area contributed by atoms with Crippen LogP contribution in [-0.4, -0.2) is 58.1 Å². The number of aromatic nitrogens is 2. The highest BCUT2D eigenvalue weighted by molar-refractivity contribution is 5.76. The molecule has 0 saturated carbocycles. The van der Waals surface area contributed by atoms with Gasteiger partial charge in [0.05, 0.1) is 0 Å². The van der Waals surface area contributed by atoms with Crippen LogP contribution in [0.1, 0.15) is 20.3 Å². The molecule has 0 atom stereocenters. The van der Waals surface area contributed by atoms with E-state index in [4.69, 9.17) is 0 Å². The van der Waals surface area contributed by atoms with Gasteiger partial charge in [0, 0.05) is 38.6 Å². The normalized spacial score (nSPS) is 17.4. The molecule has 1 aliphatic rings. The fraction of sp³-hybridized carbons (Fsp3) is 0.692. The SMILES string of the molecule is CC(C)CCN1CCN(C(=O)n2ccnc2)CC1. The zero-order chi connectivity index (χ0) is 13.0. The van der Waals surface area contributed by atoms with Crippen LogP contribution in [0.4, 0.5) is 4.79 Å². The summed E-state index contributed by atoms with van der Waals surface area (Å²) in [5.74, 6) is 0.746. The van der Waals surface area contributed by atoms with Crippen LogP contribution in [0, 0.1) is 5.92 Å². The number of rotatable bonds is 3. The van der Waals surface area contributed by atoms with E-state index in [9.17, 15) is 4.79 Å². The van der Waals surface area contributed by atoms with Crippen molar-refractivity contribution in [2.24, 2.45) is 5.92 Å². The van der Waals surface area contributed by atoms with Gasteiger partial charge in [-0.1, -0.05) is 13.8 Å². The van der Waals surface area contributed by atoms with Crippen molar-refractivity contribution in [3.63, 3.8) is 0 Å². The summed E-state index contributed by atoms with van der Waals surface area (Å²) < 4.78 is 1.55. The summed E-state index contributed by atoms with van der Waals surface area (Å²) in [5.41, 5.74) is 0. The van der Waals surface area contributed by atoms with Crippen LogP contribution >= 0.6 is 0 Å². The van der Waals surface area contributed by atoms with Crippen LogP contribution < -0.4 is 0 Å². The topological polar surface area (TPSA) is 41.4 Å². The molecular weight excluding hydrogens is 228 g/mol. The summed E-state index contributed by atoms with van der Waals surface area (Å²) in [7, 11) is 0. The number of hydrogen-bond donors (Lipinski definition) is 0. The van der Waals surface area contributed by atoms with E-state index in [-0.39, 0.29) is 6.03 Å². The number of carbonyl (C=O) groups is 1. The predicted molar refractivity (Wildman–Crippen MR) is 70.5 cm³/mol. The van der Waals surface area contributed by atoms with Gasteiger partial charge in [-0.15, -0.1) is 0 Å². The average Bonchev–Trinajstić information content (AvgIpc) is 2.90. The highest BCUT2D eigenvalue weighted by Gasteiger charge is 2.21. The molecule has 1 aromatic heterocycles. The summed E-state index contributed by atoms with van der Waals surface area (Å²) >= 11 is 0. The molecule has 100 valence electrons. The van der Waals surface area contributed by atoms with Gasteiger partial charge in [0.1, 0.15) is 6.33 Å². The van der Waals surface area contributed by atoms with Gasteiger partial charge in [0.2, 0.25) is 0 Å². The monoisotopic (exact) mass is 250 g/mol. The molecule has 0 bridgehead atoms. The van der Waals surface area contributed by atoms with E-state index in [1.54, 1.807) is 23.3 Å². The minimum absolute atomic E-state index is 0.0380. The van der Waals surface area contributed by atoms with Crippen molar-refractivity contribution in [3.05, 3.63) is 18.7 Å². The Balaban J connectivity index is 1.78. The standard InChI is InChI=1S/C13H22N4O/c1-12(2)3-5-15-7-9-16(10-8-15)13(18)17-6-4-14-11-17/h4,6,11-12H,3,5,7-10H2,1-2H3. The molecule has 5 nitrogen and oxygen atoms in total. The summed E-state index contributed by atoms with van der Waals surface area (Å²) in [5, 5.41) is 0. The first kappa shape index (κ1) is 13.1. The van der Waals surface area contributed by atoms with E-state index in [1.807, 2.05) is 4.90 Å². The number of nitrogens with zero attached hydrogens (tertiary/aromatic N) is 4. The van der Waals surface area contributed by atoms with E-state index >= 15 is 0 Å². The Kier molecular flexibility index (Phi) is 4.36. The highest BCUT2D eigenvalue weighted by Crippen LogP contribution is 2.07. The molecular formula is C13H22N4O. The van der Waals surface area contributed by atoms with Crippen LogP contribution in [-0.2, 0) is 0 Å². The van der Waals surface area contributed by atoms with Gasteiger partial charge in [0.25, 0.3) is 0 Å². The average molecular weight is 250 g/mol. The largest absolute Gasteiger partial charge is 0.329 e. The minimum Gasteiger partial charge on any atom is -0.321 e. The van der Waals surface area contributed by atoms with Crippen molar-refractivity contribution < 1.29 is 4.79 Å². The molecule has 0 unspecified atom stereocenters. The summed E-state index contributed by atoms with van der Waals surface area (Å²) in [6.07, 6.45) is 6.13. The van der Waals surface area contributed by atoms with Crippen molar-refractivity contribution in [1.29, 1.82) is 0 Å². The third-order valence-electron chi connectivity index (χ3n) is 3.39. The van der Waals surface area contributed by atoms with Gasteiger partial charge in [-0.2, -0.15) is 0 Å². The van der Waals surface area contributed by atoms with E-state index in [0.29, 0.717) is 0 Å². The molecule has 0 aliphatic carbocycles. The van der Waals surface area contributed by atoms with Crippen LogP contribution in [0.5, 0.6) is 0 Å². The number of amides is 1. The van der Waals surface area contributed by atoms with Crippen LogP contribution in [0.2, 0.25) is 0 Å². The Labute approximate surface area is 108 Å². The van der Waals surface area contributed by atoms with Gasteiger partial charge < -0.3 is 4.90 Å². The van der Waals surface area contributed by atoms with Gasteiger partial charge in [-0.25, -0.2) is 9.78 Å². The smallest absolute Gasteiger partial charge is 0.321 e. The molecule has 1 aliphatic heterocycles. The van der Waals surface area contributed by atoms with Crippen molar-refractivity contribution in [2.45, 2.75) is 20.3 Å². The highest BCUT2D eigenvalue weighted by atomic mass is 16.2. The molecule has 0 radical (unpaired) electrons. The Morgan fingerprint density at radius 1 is 1.28 bits per heavy atom. The van der Waals surface area contributed by atoms with E-state index in [2.05, 4.69) is 23.7 Å². The first-order valence-electron chi connectivity index (χ1n) is 6.66. The Bertz CT molecular complexity index is 366. The van der Waals surface area contributed by atoms with Crippen molar-refractivity contribution in [2.75, 3.05) is 32.7 Å². The zero-order valence-electron chi connectivity index (χ0n) is 11.2. The maximum Gasteiger partial charge on any atom is 0.329 e. The number of hydrogen-bond acceptors (Lipinski definition) is 3. The maximum absolute atomic E-state index is 12.1. The van der Waals surface area contributed by atoms with E-state index in [0.717, 1.165) is 38.6 Å². The first-order valence-corrected chi connectivity index (χ1v) is 6.66. The maximum atomic E-state index is 12.1. The first-order chi connectivity index (χ1) is 8.66. The molecule has 2 heterocycles. The second-order valence-corrected chi connectivity index (χ2v) is 5.26. The lowest BCUT2D eigenvalue weighted by Gasteiger charge is -2.34. The number of piperazine rings is 1. The molecule has 1 fully saturated rings. The van der Waals surface area contributed by atoms with Crippen molar-refractivity contribution in [1.82, 2.24) is 19.4 Å². The molecule has 0 spiro atoms. The third kappa shape index (κ3) is 3.32. The minimum atomic E-state index is 0.0380. The molecule has 0 aromatic carbocycles. The molecule has 1 amide bonds. The number of carbonyl (C=O) groups excluding carboxylic acids is 1. The lowest BCUT2D eigenvalue weighted by atomic mass is 10.1. The summed E-state index contributed by atoms with van der Waals surface area (Å²) in [4.78, 5) is 20.3. The summed E-state index contributed by atoms with van der Waals surface area (Å²) in [6, 6.07) is 0.0380. The molecule has 1 aromatic rings. The fourth-order valence-electron chi connectivity index (χ4n) is 2.14. The van der Waals surface area contributed by atoms with E-state index < -0.39 is 0 Å². The quantitative estimate of drug-likeness (QED) is 0.816. The lowest BCUT2D eigenvalue weighted by Crippen LogP contribution is -2.49. The Morgan fingerprint density at radius 2 is 2.00 bits per heavy atom. The summed E-state index contributed by atoms with van der Waals surface area (Å²) in [6.45, 7) is 9.23. The second-order valence-electron chi connectivity index (χ2n) is 5.26. The van der Waals surface area contributed by atoms with Gasteiger partial charge in [-0.3, -0.25) is 9.47 Å². The van der Waals surface area contributed by atoms with Gasteiger partial charge >= 0.3 is 6.03 Å². The molecule has 0 N–H and O–H groups in total. The Hall–Kier alpha value is -1.36. The lowest BCUT2D eigenvalue weighted by molar-refractivity contribution is 0.136. The van der Waals surface area contributed by atoms with E-state index in [1.165, 1.54) is 6.42 Å². The Morgan fingerprint density at radius 3 is 2.56 bits per heavy atom. The fourth-order valence-corrected chi connectivity index (χ4v) is 2.14. The van der Waals surface area contributed by atoms with Crippen LogP contribution in [0.25, 0.3) is 0 Å². The van der Waals surface area contributed by atoms with Crippen molar-refractivity contribution >= 4 is 6.03 Å². The van der Waals surface area contributed by atoms with Crippen molar-refractivity contribution in [3.8, 4) is 0 Å². The molecule has 2 rings (SSSR count). The third-order valence-corrected chi connectivity index (χ3v) is 3.39. The van der Waals surface area contributed by atoms with Gasteiger partial charge in [-0.05, 0) is 18.9 Å². The number of imidazole rings is 1. The van der Waals surface area contributed by atoms with Gasteiger partial charge in [0.15, 0.2) is 0 Å². The van der Waals surface area contributed by atoms with Crippen LogP contribution in [0.3, 0.4) is 0 Å². The predicted octanol–water partition coefficient (Wildman–Crippen LogP) is 1.51. The molecule has 5 heteroatoms. The van der Waals surface area contributed by atoms with Crippen LogP contribution in [0.15, 0.2) is 18.7 Å².